The fourth-order valence-corrected chi connectivity index (χ4v) is 2.97. The number of aryl methyl sites for hydroxylation is 1. The zero-order chi connectivity index (χ0) is 15.3. The average Bonchev–Trinajstić information content (AvgIpc) is 2.48. The summed E-state index contributed by atoms with van der Waals surface area (Å²) in [5.74, 6) is 0.735. The average molecular weight is 305 g/mol. The van der Waals surface area contributed by atoms with Gasteiger partial charge in [-0.2, -0.15) is 4.31 Å². The Labute approximate surface area is 126 Å². The van der Waals surface area contributed by atoms with Crippen LogP contribution in [0.25, 0.3) is 0 Å². The Kier molecular flexibility index (Phi) is 4.98. The van der Waals surface area contributed by atoms with Crippen LogP contribution >= 0.6 is 0 Å². The van der Waals surface area contributed by atoms with Crippen molar-refractivity contribution in [3.05, 3.63) is 60.2 Å². The topological polar surface area (TPSA) is 46.6 Å². The molecule has 0 radical (unpaired) electrons. The Morgan fingerprint density at radius 1 is 1.00 bits per heavy atom. The second kappa shape index (κ2) is 6.74. The molecule has 21 heavy (non-hydrogen) atoms. The summed E-state index contributed by atoms with van der Waals surface area (Å²) in [5.41, 5.74) is 1.03. The predicted molar refractivity (Wildman–Crippen MR) is 82.9 cm³/mol. The largest absolute Gasteiger partial charge is 0.492 e. The zero-order valence-corrected chi connectivity index (χ0v) is 13.0. The van der Waals surface area contributed by atoms with E-state index in [-0.39, 0.29) is 0 Å². The number of para-hydroxylation sites is 1. The van der Waals surface area contributed by atoms with E-state index in [0.29, 0.717) is 18.0 Å². The van der Waals surface area contributed by atoms with Crippen molar-refractivity contribution in [2.24, 2.45) is 0 Å². The highest BCUT2D eigenvalue weighted by Gasteiger charge is 2.20. The van der Waals surface area contributed by atoms with E-state index in [4.69, 9.17) is 4.74 Å². The first-order chi connectivity index (χ1) is 10.00. The number of ether oxygens (including phenoxy) is 1. The van der Waals surface area contributed by atoms with Crippen LogP contribution in [0.15, 0.2) is 59.5 Å². The normalized spacial score (nSPS) is 11.6. The van der Waals surface area contributed by atoms with Crippen LogP contribution in [-0.4, -0.2) is 32.9 Å². The molecule has 2 rings (SSSR count). The van der Waals surface area contributed by atoms with E-state index in [2.05, 4.69) is 0 Å². The summed E-state index contributed by atoms with van der Waals surface area (Å²) >= 11 is 0. The number of hydrogen-bond donors (Lipinski definition) is 0. The van der Waals surface area contributed by atoms with E-state index in [1.807, 2.05) is 37.3 Å². The van der Waals surface area contributed by atoms with E-state index in [1.165, 1.54) is 4.31 Å². The molecule has 4 nitrogen and oxygen atoms in total. The highest BCUT2D eigenvalue weighted by atomic mass is 32.2. The molecule has 2 aromatic rings. The molecule has 0 aliphatic heterocycles. The van der Waals surface area contributed by atoms with Crippen LogP contribution in [0.4, 0.5) is 0 Å². The van der Waals surface area contributed by atoms with Gasteiger partial charge in [-0.1, -0.05) is 35.9 Å². The number of benzene rings is 2. The van der Waals surface area contributed by atoms with Crippen molar-refractivity contribution >= 4 is 10.0 Å². The van der Waals surface area contributed by atoms with Gasteiger partial charge in [0.05, 0.1) is 4.90 Å². The third kappa shape index (κ3) is 4.06. The molecule has 112 valence electrons. The van der Waals surface area contributed by atoms with E-state index in [1.54, 1.807) is 31.3 Å². The highest BCUT2D eigenvalue weighted by Crippen LogP contribution is 2.15. The molecule has 0 aliphatic carbocycles. The number of hydrogen-bond acceptors (Lipinski definition) is 3. The summed E-state index contributed by atoms with van der Waals surface area (Å²) in [6.45, 7) is 2.53. The van der Waals surface area contributed by atoms with E-state index in [9.17, 15) is 8.42 Å². The molecule has 0 saturated carbocycles. The quantitative estimate of drug-likeness (QED) is 0.824. The van der Waals surface area contributed by atoms with E-state index < -0.39 is 10.0 Å². The van der Waals surface area contributed by atoms with Gasteiger partial charge < -0.3 is 4.74 Å². The Morgan fingerprint density at radius 2 is 1.62 bits per heavy atom. The minimum atomic E-state index is -3.46. The molecule has 0 amide bonds. The summed E-state index contributed by atoms with van der Waals surface area (Å²) in [4.78, 5) is 0.301. The van der Waals surface area contributed by atoms with Crippen LogP contribution in [0.5, 0.6) is 5.75 Å². The second-order valence-electron chi connectivity index (χ2n) is 4.80. The van der Waals surface area contributed by atoms with Crippen molar-refractivity contribution in [1.82, 2.24) is 4.31 Å². The van der Waals surface area contributed by atoms with Crippen molar-refractivity contribution < 1.29 is 13.2 Å². The Morgan fingerprint density at radius 3 is 2.24 bits per heavy atom. The summed E-state index contributed by atoms with van der Waals surface area (Å²) in [6.07, 6.45) is 0. The molecule has 0 spiro atoms. The molecule has 2 aromatic carbocycles. The Balaban J connectivity index is 1.96. The monoisotopic (exact) mass is 305 g/mol. The molecule has 0 heterocycles. The van der Waals surface area contributed by atoms with Gasteiger partial charge in [0.25, 0.3) is 0 Å². The number of rotatable bonds is 6. The van der Waals surface area contributed by atoms with Gasteiger partial charge in [-0.3, -0.25) is 0 Å². The molecule has 0 aliphatic rings. The minimum Gasteiger partial charge on any atom is -0.492 e. The molecule has 0 fully saturated rings. The lowest BCUT2D eigenvalue weighted by atomic mass is 10.2. The first-order valence-electron chi connectivity index (χ1n) is 6.71. The number of sulfonamides is 1. The van der Waals surface area contributed by atoms with Crippen molar-refractivity contribution in [1.29, 1.82) is 0 Å². The smallest absolute Gasteiger partial charge is 0.242 e. The molecule has 0 saturated heterocycles. The predicted octanol–water partition coefficient (Wildman–Crippen LogP) is 2.69. The van der Waals surface area contributed by atoms with Crippen LogP contribution in [0, 0.1) is 6.92 Å². The van der Waals surface area contributed by atoms with Gasteiger partial charge in [-0.25, -0.2) is 8.42 Å². The van der Waals surface area contributed by atoms with E-state index >= 15 is 0 Å². The molecule has 0 unspecified atom stereocenters. The number of nitrogens with zero attached hydrogens (tertiary/aromatic N) is 1. The van der Waals surface area contributed by atoms with Crippen molar-refractivity contribution in [2.45, 2.75) is 11.8 Å². The molecule has 0 N–H and O–H groups in total. The summed E-state index contributed by atoms with van der Waals surface area (Å²) in [6, 6.07) is 16.2. The van der Waals surface area contributed by atoms with Gasteiger partial charge in [0, 0.05) is 13.6 Å². The lowest BCUT2D eigenvalue weighted by Crippen LogP contribution is -2.31. The van der Waals surface area contributed by atoms with Gasteiger partial charge in [0.2, 0.25) is 10.0 Å². The summed E-state index contributed by atoms with van der Waals surface area (Å²) in [5, 5.41) is 0. The first kappa shape index (κ1) is 15.5. The Hall–Kier alpha value is -1.85. The molecular weight excluding hydrogens is 286 g/mol. The maximum atomic E-state index is 12.4. The standard InChI is InChI=1S/C16H19NO3S/c1-14-8-10-16(11-9-14)21(18,19)17(2)12-13-20-15-6-4-3-5-7-15/h3-11H,12-13H2,1-2H3. The molecule has 0 bridgehead atoms. The van der Waals surface area contributed by atoms with Crippen molar-refractivity contribution in [2.75, 3.05) is 20.2 Å². The maximum Gasteiger partial charge on any atom is 0.242 e. The van der Waals surface area contributed by atoms with Crippen molar-refractivity contribution in [3.63, 3.8) is 0 Å². The third-order valence-electron chi connectivity index (χ3n) is 3.15. The fourth-order valence-electron chi connectivity index (χ4n) is 1.82. The SMILES string of the molecule is Cc1ccc(S(=O)(=O)N(C)CCOc2ccccc2)cc1. The molecule has 5 heteroatoms. The molecule has 0 atom stereocenters. The van der Waals surface area contributed by atoms with E-state index in [0.717, 1.165) is 11.3 Å². The maximum absolute atomic E-state index is 12.4. The number of likely N-dealkylation sites (N-methyl/N-ethyl adjacent to an activating group) is 1. The fraction of sp³-hybridized carbons (Fsp3) is 0.250. The minimum absolute atomic E-state index is 0.297. The third-order valence-corrected chi connectivity index (χ3v) is 5.02. The van der Waals surface area contributed by atoms with Crippen LogP contribution in [0.1, 0.15) is 5.56 Å². The van der Waals surface area contributed by atoms with Gasteiger partial charge in [-0.15, -0.1) is 0 Å². The van der Waals surface area contributed by atoms with Gasteiger partial charge in [0.1, 0.15) is 12.4 Å². The van der Waals surface area contributed by atoms with Crippen LogP contribution in [0.3, 0.4) is 0 Å². The lowest BCUT2D eigenvalue weighted by Gasteiger charge is -2.17. The van der Waals surface area contributed by atoms with Gasteiger partial charge in [-0.05, 0) is 31.2 Å². The Bertz CT molecular complexity index is 666. The summed E-state index contributed by atoms with van der Waals surface area (Å²) in [7, 11) is -1.90. The molecular formula is C16H19NO3S. The van der Waals surface area contributed by atoms with Crippen LogP contribution in [0.2, 0.25) is 0 Å². The second-order valence-corrected chi connectivity index (χ2v) is 6.85. The zero-order valence-electron chi connectivity index (χ0n) is 12.2. The van der Waals surface area contributed by atoms with Gasteiger partial charge >= 0.3 is 0 Å². The van der Waals surface area contributed by atoms with Crippen molar-refractivity contribution in [3.8, 4) is 5.75 Å². The van der Waals surface area contributed by atoms with Crippen LogP contribution in [-0.2, 0) is 10.0 Å². The summed E-state index contributed by atoms with van der Waals surface area (Å²) < 4.78 is 31.5. The lowest BCUT2D eigenvalue weighted by molar-refractivity contribution is 0.287. The van der Waals surface area contributed by atoms with Gasteiger partial charge in [0.15, 0.2) is 0 Å². The van der Waals surface area contributed by atoms with Crippen LogP contribution < -0.4 is 4.74 Å². The first-order valence-corrected chi connectivity index (χ1v) is 8.15. The highest BCUT2D eigenvalue weighted by molar-refractivity contribution is 7.89. The molecule has 0 aromatic heterocycles.